The Kier molecular flexibility index (Phi) is 4.60. The van der Waals surface area contributed by atoms with Crippen LogP contribution in [0.15, 0.2) is 46.9 Å². The van der Waals surface area contributed by atoms with E-state index in [-0.39, 0.29) is 11.7 Å². The molecule has 1 fully saturated rings. The van der Waals surface area contributed by atoms with Gasteiger partial charge in [-0.1, -0.05) is 19.1 Å². The van der Waals surface area contributed by atoms with Gasteiger partial charge >= 0.3 is 0 Å². The third-order valence-corrected chi connectivity index (χ3v) is 4.12. The SMILES string of the molecule is CC1CC1c1ccc(/C=C/C(=O)NCCc2cccc(F)c2)o1. The van der Waals surface area contributed by atoms with Gasteiger partial charge in [0.1, 0.15) is 17.3 Å². The van der Waals surface area contributed by atoms with Gasteiger partial charge in [-0.15, -0.1) is 0 Å². The van der Waals surface area contributed by atoms with E-state index in [1.807, 2.05) is 18.2 Å². The second-order valence-corrected chi connectivity index (χ2v) is 6.06. The number of rotatable bonds is 6. The monoisotopic (exact) mass is 313 g/mol. The normalized spacial score (nSPS) is 19.9. The maximum atomic E-state index is 13.0. The Bertz CT molecular complexity index is 720. The topological polar surface area (TPSA) is 42.2 Å². The van der Waals surface area contributed by atoms with Crippen molar-refractivity contribution >= 4 is 12.0 Å². The highest BCUT2D eigenvalue weighted by Gasteiger charge is 2.36. The van der Waals surface area contributed by atoms with Crippen molar-refractivity contribution in [1.82, 2.24) is 5.32 Å². The van der Waals surface area contributed by atoms with E-state index in [4.69, 9.17) is 4.42 Å². The molecule has 0 spiro atoms. The second kappa shape index (κ2) is 6.82. The van der Waals surface area contributed by atoms with Crippen molar-refractivity contribution in [3.8, 4) is 0 Å². The van der Waals surface area contributed by atoms with Crippen LogP contribution in [-0.2, 0) is 11.2 Å². The zero-order chi connectivity index (χ0) is 16.2. The molecule has 23 heavy (non-hydrogen) atoms. The molecule has 0 aliphatic heterocycles. The molecule has 0 radical (unpaired) electrons. The molecule has 3 nitrogen and oxygen atoms in total. The fourth-order valence-electron chi connectivity index (χ4n) is 2.62. The van der Waals surface area contributed by atoms with Gasteiger partial charge in [0.2, 0.25) is 5.91 Å². The van der Waals surface area contributed by atoms with Crippen LogP contribution in [0.4, 0.5) is 4.39 Å². The lowest BCUT2D eigenvalue weighted by Crippen LogP contribution is -2.23. The lowest BCUT2D eigenvalue weighted by molar-refractivity contribution is -0.116. The van der Waals surface area contributed by atoms with E-state index < -0.39 is 0 Å². The molecule has 1 amide bonds. The number of hydrogen-bond donors (Lipinski definition) is 1. The molecule has 2 unspecified atom stereocenters. The summed E-state index contributed by atoms with van der Waals surface area (Å²) in [5, 5.41) is 2.78. The first-order chi connectivity index (χ1) is 11.1. The third-order valence-electron chi connectivity index (χ3n) is 4.12. The van der Waals surface area contributed by atoms with Gasteiger partial charge in [-0.3, -0.25) is 4.79 Å². The van der Waals surface area contributed by atoms with Crippen LogP contribution in [0, 0.1) is 11.7 Å². The maximum Gasteiger partial charge on any atom is 0.244 e. The second-order valence-electron chi connectivity index (χ2n) is 6.06. The summed E-state index contributed by atoms with van der Waals surface area (Å²) in [5.41, 5.74) is 0.864. The number of carbonyl (C=O) groups is 1. The lowest BCUT2D eigenvalue weighted by Gasteiger charge is -2.02. The predicted molar refractivity (Wildman–Crippen MR) is 87.4 cm³/mol. The Morgan fingerprint density at radius 1 is 1.39 bits per heavy atom. The lowest BCUT2D eigenvalue weighted by atomic mass is 10.1. The molecule has 3 rings (SSSR count). The molecular weight excluding hydrogens is 293 g/mol. The highest BCUT2D eigenvalue weighted by molar-refractivity contribution is 5.91. The highest BCUT2D eigenvalue weighted by atomic mass is 19.1. The van der Waals surface area contributed by atoms with E-state index in [0.29, 0.717) is 30.6 Å². The summed E-state index contributed by atoms with van der Waals surface area (Å²) >= 11 is 0. The number of carbonyl (C=O) groups excluding carboxylic acids is 1. The first-order valence-electron chi connectivity index (χ1n) is 7.92. The molecule has 1 heterocycles. The molecule has 120 valence electrons. The largest absolute Gasteiger partial charge is 0.461 e. The maximum absolute atomic E-state index is 13.0. The van der Waals surface area contributed by atoms with Gasteiger partial charge < -0.3 is 9.73 Å². The van der Waals surface area contributed by atoms with Gasteiger partial charge in [0.05, 0.1) is 0 Å². The molecule has 2 aromatic rings. The van der Waals surface area contributed by atoms with Crippen molar-refractivity contribution < 1.29 is 13.6 Å². The molecule has 1 aromatic carbocycles. The molecule has 2 atom stereocenters. The first kappa shape index (κ1) is 15.5. The number of hydrogen-bond acceptors (Lipinski definition) is 2. The van der Waals surface area contributed by atoms with Crippen molar-refractivity contribution in [3.05, 3.63) is 65.4 Å². The minimum atomic E-state index is -0.257. The van der Waals surface area contributed by atoms with Crippen LogP contribution in [0.5, 0.6) is 0 Å². The number of nitrogens with one attached hydrogen (secondary N) is 1. The number of halogens is 1. The van der Waals surface area contributed by atoms with Gasteiger partial charge in [0.25, 0.3) is 0 Å². The zero-order valence-electron chi connectivity index (χ0n) is 13.1. The Hall–Kier alpha value is -2.36. The minimum absolute atomic E-state index is 0.181. The fraction of sp³-hybridized carbons (Fsp3) is 0.316. The number of amides is 1. The van der Waals surface area contributed by atoms with Crippen LogP contribution in [0.25, 0.3) is 6.08 Å². The smallest absolute Gasteiger partial charge is 0.244 e. The summed E-state index contributed by atoms with van der Waals surface area (Å²) < 4.78 is 18.7. The molecule has 1 N–H and O–H groups in total. The van der Waals surface area contributed by atoms with Gasteiger partial charge in [-0.25, -0.2) is 4.39 Å². The van der Waals surface area contributed by atoms with Crippen LogP contribution >= 0.6 is 0 Å². The van der Waals surface area contributed by atoms with Crippen LogP contribution in [0.1, 0.15) is 36.3 Å². The van der Waals surface area contributed by atoms with Crippen LogP contribution in [-0.4, -0.2) is 12.5 Å². The molecule has 1 aliphatic rings. The molecule has 0 bridgehead atoms. The average Bonchev–Trinajstić information content (AvgIpc) is 3.07. The summed E-state index contributed by atoms with van der Waals surface area (Å²) in [5.74, 6) is 2.50. The number of furan rings is 1. The van der Waals surface area contributed by atoms with E-state index in [9.17, 15) is 9.18 Å². The van der Waals surface area contributed by atoms with E-state index in [1.54, 1.807) is 12.1 Å². The zero-order valence-corrected chi connectivity index (χ0v) is 13.1. The van der Waals surface area contributed by atoms with E-state index >= 15 is 0 Å². The Balaban J connectivity index is 1.44. The summed E-state index contributed by atoms with van der Waals surface area (Å²) in [4.78, 5) is 11.8. The van der Waals surface area contributed by atoms with Gasteiger partial charge in [0, 0.05) is 18.5 Å². The number of benzene rings is 1. The average molecular weight is 313 g/mol. The molecular formula is C19H20FNO2. The molecule has 4 heteroatoms. The third kappa shape index (κ3) is 4.31. The van der Waals surface area contributed by atoms with Crippen LogP contribution in [0.3, 0.4) is 0 Å². The summed E-state index contributed by atoms with van der Waals surface area (Å²) in [6, 6.07) is 10.3. The minimum Gasteiger partial charge on any atom is -0.461 e. The van der Waals surface area contributed by atoms with Crippen molar-refractivity contribution in [2.75, 3.05) is 6.54 Å². The molecule has 1 saturated carbocycles. The molecule has 0 saturated heterocycles. The Morgan fingerprint density at radius 2 is 2.22 bits per heavy atom. The Labute approximate surface area is 135 Å². The first-order valence-corrected chi connectivity index (χ1v) is 7.92. The summed E-state index contributed by atoms with van der Waals surface area (Å²) in [6.45, 7) is 2.67. The summed E-state index contributed by atoms with van der Waals surface area (Å²) in [7, 11) is 0. The summed E-state index contributed by atoms with van der Waals surface area (Å²) in [6.07, 6.45) is 4.91. The van der Waals surface area contributed by atoms with E-state index in [0.717, 1.165) is 11.3 Å². The standard InChI is InChI=1S/C19H20FNO2/c1-13-11-17(13)18-7-5-16(23-18)6-8-19(22)21-10-9-14-3-2-4-15(20)12-14/h2-8,12-13,17H,9-11H2,1H3,(H,21,22)/b8-6+. The van der Waals surface area contributed by atoms with Crippen LogP contribution < -0.4 is 5.32 Å². The Morgan fingerprint density at radius 3 is 2.96 bits per heavy atom. The van der Waals surface area contributed by atoms with E-state index in [1.165, 1.54) is 24.6 Å². The molecule has 1 aliphatic carbocycles. The fourth-order valence-corrected chi connectivity index (χ4v) is 2.62. The van der Waals surface area contributed by atoms with Crippen molar-refractivity contribution in [2.45, 2.75) is 25.7 Å². The van der Waals surface area contributed by atoms with Gasteiger partial charge in [-0.2, -0.15) is 0 Å². The van der Waals surface area contributed by atoms with E-state index in [2.05, 4.69) is 12.2 Å². The van der Waals surface area contributed by atoms with Crippen molar-refractivity contribution in [3.63, 3.8) is 0 Å². The van der Waals surface area contributed by atoms with Crippen molar-refractivity contribution in [2.24, 2.45) is 5.92 Å². The molecule has 1 aromatic heterocycles. The highest BCUT2D eigenvalue weighted by Crippen LogP contribution is 2.47. The van der Waals surface area contributed by atoms with Crippen molar-refractivity contribution in [1.29, 1.82) is 0 Å². The quantitative estimate of drug-likeness (QED) is 0.822. The predicted octanol–water partition coefficient (Wildman–Crippen LogP) is 3.91. The van der Waals surface area contributed by atoms with Gasteiger partial charge in [-0.05, 0) is 54.7 Å². The van der Waals surface area contributed by atoms with Gasteiger partial charge in [0.15, 0.2) is 0 Å². The van der Waals surface area contributed by atoms with Crippen LogP contribution in [0.2, 0.25) is 0 Å².